The summed E-state index contributed by atoms with van der Waals surface area (Å²) >= 11 is 0. The Bertz CT molecular complexity index is 1180. The molecular weight excluding hydrogens is 959 g/mol. The highest BCUT2D eigenvalue weighted by atomic mass is 16.5. The molecule has 0 saturated heterocycles. The Labute approximate surface area is 489 Å². The van der Waals surface area contributed by atoms with Crippen LogP contribution in [0.1, 0.15) is 412 Å². The summed E-state index contributed by atoms with van der Waals surface area (Å²) in [4.78, 5) is 24.6. The fourth-order valence-electron chi connectivity index (χ4n) is 11.6. The van der Waals surface area contributed by atoms with E-state index in [1.807, 2.05) is 0 Å². The fraction of sp³-hybridized carbons (Fsp3) is 0.944. The highest BCUT2D eigenvalue weighted by molar-refractivity contribution is 5.76. The van der Waals surface area contributed by atoms with Gasteiger partial charge in [0.15, 0.2) is 0 Å². The third-order valence-corrected chi connectivity index (χ3v) is 17.1. The number of carbonyl (C=O) groups excluding carboxylic acids is 2. The molecule has 0 spiro atoms. The highest BCUT2D eigenvalue weighted by Gasteiger charge is 2.20. The van der Waals surface area contributed by atoms with Crippen LogP contribution in [0.15, 0.2) is 12.2 Å². The van der Waals surface area contributed by atoms with Crippen molar-refractivity contribution in [3.8, 4) is 0 Å². The van der Waals surface area contributed by atoms with E-state index in [0.717, 1.165) is 38.5 Å². The molecule has 0 aromatic heterocycles. The number of allylic oxidation sites excluding steroid dienone is 2. The molecule has 0 aliphatic carbocycles. The third-order valence-electron chi connectivity index (χ3n) is 17.1. The van der Waals surface area contributed by atoms with Crippen LogP contribution < -0.4 is 5.32 Å². The van der Waals surface area contributed by atoms with Crippen LogP contribution in [0.5, 0.6) is 0 Å². The van der Waals surface area contributed by atoms with Gasteiger partial charge in [0.25, 0.3) is 0 Å². The van der Waals surface area contributed by atoms with Crippen molar-refractivity contribution in [1.82, 2.24) is 5.32 Å². The quantitative estimate of drug-likeness (QED) is 0.0320. The minimum atomic E-state index is -0.660. The van der Waals surface area contributed by atoms with Gasteiger partial charge in [-0.25, -0.2) is 0 Å². The van der Waals surface area contributed by atoms with Gasteiger partial charge in [-0.1, -0.05) is 360 Å². The van der Waals surface area contributed by atoms with Crippen LogP contribution in [-0.4, -0.2) is 47.4 Å². The van der Waals surface area contributed by atoms with E-state index >= 15 is 0 Å². The number of carbonyl (C=O) groups is 2. The van der Waals surface area contributed by atoms with E-state index in [1.165, 1.54) is 340 Å². The molecule has 6 heteroatoms. The van der Waals surface area contributed by atoms with Gasteiger partial charge < -0.3 is 20.3 Å². The minimum absolute atomic E-state index is 0.0201. The van der Waals surface area contributed by atoms with E-state index in [-0.39, 0.29) is 18.5 Å². The predicted molar refractivity (Wildman–Crippen MR) is 343 cm³/mol. The average Bonchev–Trinajstić information content (AvgIpc) is 3.44. The molecule has 0 saturated carbocycles. The van der Waals surface area contributed by atoms with Crippen LogP contribution in [0.2, 0.25) is 0 Å². The average molecular weight is 1100 g/mol. The van der Waals surface area contributed by atoms with Gasteiger partial charge in [-0.3, -0.25) is 9.59 Å². The van der Waals surface area contributed by atoms with Gasteiger partial charge in [0, 0.05) is 12.8 Å². The lowest BCUT2D eigenvalue weighted by molar-refractivity contribution is -0.143. The first-order valence-electron chi connectivity index (χ1n) is 35.9. The number of nitrogens with one attached hydrogen (secondary N) is 1. The second kappa shape index (κ2) is 68.1. The molecule has 0 aliphatic heterocycles. The molecule has 2 atom stereocenters. The molecule has 464 valence electrons. The lowest BCUT2D eigenvalue weighted by atomic mass is 10.0. The van der Waals surface area contributed by atoms with Gasteiger partial charge >= 0.3 is 5.97 Å². The summed E-state index contributed by atoms with van der Waals surface area (Å²) in [5.41, 5.74) is 0. The lowest BCUT2D eigenvalue weighted by Crippen LogP contribution is -2.45. The molecule has 0 aliphatic rings. The molecule has 3 N–H and O–H groups in total. The number of hydrogen-bond donors (Lipinski definition) is 3. The first-order chi connectivity index (χ1) is 38.5. The minimum Gasteiger partial charge on any atom is -0.466 e. The summed E-state index contributed by atoms with van der Waals surface area (Å²) in [6.45, 7) is 4.99. The second-order valence-electron chi connectivity index (χ2n) is 24.9. The maximum atomic E-state index is 12.5. The molecule has 0 bridgehead atoms. The first-order valence-corrected chi connectivity index (χ1v) is 35.9. The number of amides is 1. The van der Waals surface area contributed by atoms with Crippen LogP contribution >= 0.6 is 0 Å². The van der Waals surface area contributed by atoms with E-state index in [0.29, 0.717) is 25.9 Å². The van der Waals surface area contributed by atoms with Crippen molar-refractivity contribution in [3.63, 3.8) is 0 Å². The molecule has 0 rings (SSSR count). The van der Waals surface area contributed by atoms with Gasteiger partial charge in [0.1, 0.15) is 0 Å². The Kier molecular flexibility index (Phi) is 66.9. The number of esters is 1. The summed E-state index contributed by atoms with van der Waals surface area (Å²) in [6, 6.07) is -0.537. The zero-order valence-corrected chi connectivity index (χ0v) is 53.2. The summed E-state index contributed by atoms with van der Waals surface area (Å²) in [7, 11) is 0. The molecule has 0 heterocycles. The van der Waals surface area contributed by atoms with Crippen LogP contribution in [0, 0.1) is 0 Å². The summed E-state index contributed by atoms with van der Waals surface area (Å²) in [5, 5.41) is 23.3. The van der Waals surface area contributed by atoms with E-state index in [9.17, 15) is 19.8 Å². The number of rotatable bonds is 68. The molecule has 6 nitrogen and oxygen atoms in total. The second-order valence-corrected chi connectivity index (χ2v) is 24.9. The maximum Gasteiger partial charge on any atom is 0.305 e. The number of ether oxygens (including phenoxy) is 1. The van der Waals surface area contributed by atoms with E-state index in [1.54, 1.807) is 0 Å². The van der Waals surface area contributed by atoms with Gasteiger partial charge in [-0.15, -0.1) is 0 Å². The number of aliphatic hydroxyl groups excluding tert-OH is 2. The largest absolute Gasteiger partial charge is 0.466 e. The lowest BCUT2D eigenvalue weighted by Gasteiger charge is -2.22. The SMILES string of the molecule is CCCCCCCC/C=C\CCCCCCCCCCCC(=O)OCCCCCCCCCCCCCCCCCCCCCCCCCCCCCCCC(=O)NC(CO)C(O)CCCCCCCCCCCCCCC. The number of aliphatic hydroxyl groups is 2. The predicted octanol–water partition coefficient (Wildman–Crippen LogP) is 23.1. The first kappa shape index (κ1) is 76.6. The molecule has 0 aromatic carbocycles. The Morgan fingerprint density at radius 1 is 0.346 bits per heavy atom. The van der Waals surface area contributed by atoms with Crippen molar-refractivity contribution >= 4 is 11.9 Å². The third kappa shape index (κ3) is 63.8. The van der Waals surface area contributed by atoms with Gasteiger partial charge in [-0.05, 0) is 51.4 Å². The monoisotopic (exact) mass is 1100 g/mol. The molecule has 0 radical (unpaired) electrons. The zero-order valence-electron chi connectivity index (χ0n) is 53.2. The smallest absolute Gasteiger partial charge is 0.305 e. The maximum absolute atomic E-state index is 12.5. The van der Waals surface area contributed by atoms with Gasteiger partial charge in [-0.2, -0.15) is 0 Å². The Morgan fingerprint density at radius 2 is 0.603 bits per heavy atom. The van der Waals surface area contributed by atoms with Crippen LogP contribution in [0.3, 0.4) is 0 Å². The van der Waals surface area contributed by atoms with Crippen LogP contribution in [0.4, 0.5) is 0 Å². The van der Waals surface area contributed by atoms with Crippen LogP contribution in [0.25, 0.3) is 0 Å². The molecule has 2 unspecified atom stereocenters. The molecule has 1 amide bonds. The molecule has 0 fully saturated rings. The highest BCUT2D eigenvalue weighted by Crippen LogP contribution is 2.19. The van der Waals surface area contributed by atoms with Crippen molar-refractivity contribution in [3.05, 3.63) is 12.2 Å². The number of unbranched alkanes of at least 4 members (excludes halogenated alkanes) is 55. The van der Waals surface area contributed by atoms with Crippen molar-refractivity contribution < 1.29 is 24.5 Å². The molecular formula is C72H141NO5. The summed E-state index contributed by atoms with van der Waals surface area (Å²) in [6.07, 6.45) is 84.1. The van der Waals surface area contributed by atoms with E-state index in [4.69, 9.17) is 4.74 Å². The Morgan fingerprint density at radius 3 is 0.910 bits per heavy atom. The molecule has 0 aromatic rings. The Hall–Kier alpha value is -1.40. The van der Waals surface area contributed by atoms with Crippen LogP contribution in [-0.2, 0) is 14.3 Å². The fourth-order valence-corrected chi connectivity index (χ4v) is 11.6. The van der Waals surface area contributed by atoms with Crippen molar-refractivity contribution in [2.24, 2.45) is 0 Å². The standard InChI is InChI=1S/C72H141NO5/c1-3-5-7-9-11-13-15-17-18-19-31-35-38-42-46-50-54-58-62-66-72(77)78-67-63-59-55-51-47-43-39-36-33-30-28-26-24-22-20-21-23-25-27-29-32-34-37-41-45-49-53-57-61-65-71(76)73-69(68-74)70(75)64-60-56-52-48-44-40-16-14-12-10-8-6-4-2/h17-18,69-70,74-75H,3-16,19-68H2,1-2H3,(H,73,76)/b18-17-. The Balaban J connectivity index is 3.30. The summed E-state index contributed by atoms with van der Waals surface area (Å²) < 4.78 is 5.51. The molecule has 78 heavy (non-hydrogen) atoms. The topological polar surface area (TPSA) is 95.9 Å². The van der Waals surface area contributed by atoms with Crippen molar-refractivity contribution in [2.75, 3.05) is 13.2 Å². The van der Waals surface area contributed by atoms with Gasteiger partial charge in [0.05, 0.1) is 25.4 Å². The van der Waals surface area contributed by atoms with Crippen molar-refractivity contribution in [1.29, 1.82) is 0 Å². The van der Waals surface area contributed by atoms with E-state index < -0.39 is 12.1 Å². The van der Waals surface area contributed by atoms with Gasteiger partial charge in [0.2, 0.25) is 5.91 Å². The summed E-state index contributed by atoms with van der Waals surface area (Å²) in [5.74, 6) is -0.00884. The number of hydrogen-bond acceptors (Lipinski definition) is 5. The van der Waals surface area contributed by atoms with E-state index in [2.05, 4.69) is 31.3 Å². The normalized spacial score (nSPS) is 12.5. The zero-order chi connectivity index (χ0) is 56.4. The van der Waals surface area contributed by atoms with Crippen molar-refractivity contribution in [2.45, 2.75) is 424 Å².